The molecule has 2 heteroatoms. The van der Waals surface area contributed by atoms with Crippen molar-refractivity contribution in [1.29, 1.82) is 0 Å². The molecule has 0 atom stereocenters. The second-order valence-electron chi connectivity index (χ2n) is 4.74. The van der Waals surface area contributed by atoms with E-state index in [1.54, 1.807) is 0 Å². The van der Waals surface area contributed by atoms with Crippen LogP contribution in [0.1, 0.15) is 22.3 Å². The van der Waals surface area contributed by atoms with E-state index in [9.17, 15) is 0 Å². The van der Waals surface area contributed by atoms with Crippen LogP contribution in [0.5, 0.6) is 0 Å². The number of benzene rings is 2. The maximum Gasteiger partial charge on any atom is 0.0325 e. The van der Waals surface area contributed by atoms with Gasteiger partial charge < -0.3 is 5.73 Å². The van der Waals surface area contributed by atoms with Gasteiger partial charge >= 0.3 is 0 Å². The van der Waals surface area contributed by atoms with E-state index < -0.39 is 0 Å². The van der Waals surface area contributed by atoms with Gasteiger partial charge in [-0.3, -0.25) is 0 Å². The molecular formula is C16H19NS. The molecule has 0 saturated carbocycles. The number of nitrogen functional groups attached to an aromatic ring is 1. The minimum Gasteiger partial charge on any atom is -0.399 e. The fraction of sp³-hybridized carbons (Fsp3) is 0.250. The molecule has 94 valence electrons. The first-order valence-electron chi connectivity index (χ1n) is 6.11. The van der Waals surface area contributed by atoms with Gasteiger partial charge in [0.15, 0.2) is 0 Å². The zero-order chi connectivity index (χ0) is 13.1. The Hall–Kier alpha value is -1.41. The van der Waals surface area contributed by atoms with Gasteiger partial charge in [-0.2, -0.15) is 0 Å². The molecule has 0 spiro atoms. The van der Waals surface area contributed by atoms with Crippen LogP contribution in [-0.4, -0.2) is 0 Å². The number of hydrogen-bond donors (Lipinski definition) is 1. The zero-order valence-corrected chi connectivity index (χ0v) is 12.0. The average molecular weight is 257 g/mol. The van der Waals surface area contributed by atoms with Gasteiger partial charge in [0.2, 0.25) is 0 Å². The van der Waals surface area contributed by atoms with Crippen molar-refractivity contribution in [2.24, 2.45) is 0 Å². The second kappa shape index (κ2) is 5.49. The molecule has 0 aromatic heterocycles. The Labute approximate surface area is 113 Å². The van der Waals surface area contributed by atoms with Crippen LogP contribution < -0.4 is 5.73 Å². The quantitative estimate of drug-likeness (QED) is 0.648. The third-order valence-electron chi connectivity index (χ3n) is 3.10. The Kier molecular flexibility index (Phi) is 3.97. The lowest BCUT2D eigenvalue weighted by atomic mass is 10.1. The molecule has 2 aromatic rings. The lowest BCUT2D eigenvalue weighted by molar-refractivity contribution is 1.25. The van der Waals surface area contributed by atoms with Gasteiger partial charge in [0.25, 0.3) is 0 Å². The molecule has 0 radical (unpaired) electrons. The maximum atomic E-state index is 5.84. The standard InChI is InChI=1S/C16H19NS/c1-11-4-5-12(2)14(8-11)10-18-16-9-15(17)7-6-13(16)3/h4-9H,10,17H2,1-3H3. The summed E-state index contributed by atoms with van der Waals surface area (Å²) in [5.74, 6) is 0.998. The molecule has 0 aliphatic heterocycles. The predicted molar refractivity (Wildman–Crippen MR) is 81.1 cm³/mol. The second-order valence-corrected chi connectivity index (χ2v) is 5.76. The molecule has 18 heavy (non-hydrogen) atoms. The van der Waals surface area contributed by atoms with Crippen molar-refractivity contribution in [3.63, 3.8) is 0 Å². The summed E-state index contributed by atoms with van der Waals surface area (Å²) in [6, 6.07) is 12.7. The van der Waals surface area contributed by atoms with E-state index in [4.69, 9.17) is 5.73 Å². The molecule has 0 saturated heterocycles. The summed E-state index contributed by atoms with van der Waals surface area (Å²) in [5.41, 5.74) is 12.0. The van der Waals surface area contributed by atoms with Gasteiger partial charge in [-0.05, 0) is 49.6 Å². The molecule has 0 bridgehead atoms. The largest absolute Gasteiger partial charge is 0.399 e. The Balaban J connectivity index is 2.16. The van der Waals surface area contributed by atoms with Crippen molar-refractivity contribution in [2.75, 3.05) is 5.73 Å². The van der Waals surface area contributed by atoms with Crippen LogP contribution in [0, 0.1) is 20.8 Å². The van der Waals surface area contributed by atoms with Crippen molar-refractivity contribution in [1.82, 2.24) is 0 Å². The molecule has 0 unspecified atom stereocenters. The van der Waals surface area contributed by atoms with Crippen LogP contribution in [-0.2, 0) is 5.75 Å². The fourth-order valence-electron chi connectivity index (χ4n) is 1.88. The Morgan fingerprint density at radius 3 is 2.44 bits per heavy atom. The number of rotatable bonds is 3. The fourth-order valence-corrected chi connectivity index (χ4v) is 3.02. The molecular weight excluding hydrogens is 238 g/mol. The SMILES string of the molecule is Cc1ccc(C)c(CSc2cc(N)ccc2C)c1. The first kappa shape index (κ1) is 13.0. The summed E-state index contributed by atoms with van der Waals surface area (Å²) in [7, 11) is 0. The highest BCUT2D eigenvalue weighted by Gasteiger charge is 2.03. The molecule has 0 aliphatic rings. The number of hydrogen-bond acceptors (Lipinski definition) is 2. The van der Waals surface area contributed by atoms with E-state index in [1.807, 2.05) is 17.8 Å². The first-order valence-corrected chi connectivity index (χ1v) is 7.10. The van der Waals surface area contributed by atoms with Crippen LogP contribution >= 0.6 is 11.8 Å². The van der Waals surface area contributed by atoms with E-state index in [1.165, 1.54) is 27.1 Å². The highest BCUT2D eigenvalue weighted by atomic mass is 32.2. The molecule has 2 N–H and O–H groups in total. The van der Waals surface area contributed by atoms with Crippen molar-refractivity contribution in [2.45, 2.75) is 31.4 Å². The first-order chi connectivity index (χ1) is 8.56. The average Bonchev–Trinajstić information content (AvgIpc) is 2.34. The van der Waals surface area contributed by atoms with E-state index in [2.05, 4.69) is 51.1 Å². The highest BCUT2D eigenvalue weighted by Crippen LogP contribution is 2.29. The zero-order valence-electron chi connectivity index (χ0n) is 11.2. The third kappa shape index (κ3) is 3.08. The van der Waals surface area contributed by atoms with Crippen molar-refractivity contribution in [3.8, 4) is 0 Å². The van der Waals surface area contributed by atoms with Gasteiger partial charge in [-0.15, -0.1) is 11.8 Å². The number of anilines is 1. The summed E-state index contributed by atoms with van der Waals surface area (Å²) in [6.07, 6.45) is 0. The van der Waals surface area contributed by atoms with Gasteiger partial charge in [0, 0.05) is 16.3 Å². The van der Waals surface area contributed by atoms with Crippen LogP contribution in [0.15, 0.2) is 41.3 Å². The molecule has 2 rings (SSSR count). The lowest BCUT2D eigenvalue weighted by Crippen LogP contribution is -1.90. The predicted octanol–water partition coefficient (Wildman–Crippen LogP) is 4.49. The topological polar surface area (TPSA) is 26.0 Å². The van der Waals surface area contributed by atoms with Crippen LogP contribution in [0.4, 0.5) is 5.69 Å². The van der Waals surface area contributed by atoms with E-state index in [0.29, 0.717) is 0 Å². The molecule has 0 aliphatic carbocycles. The molecule has 2 aromatic carbocycles. The number of aryl methyl sites for hydroxylation is 3. The molecule has 1 nitrogen and oxygen atoms in total. The summed E-state index contributed by atoms with van der Waals surface area (Å²) in [4.78, 5) is 1.27. The number of nitrogens with two attached hydrogens (primary N) is 1. The molecule has 0 amide bonds. The van der Waals surface area contributed by atoms with E-state index >= 15 is 0 Å². The monoisotopic (exact) mass is 257 g/mol. The molecule has 0 fully saturated rings. The van der Waals surface area contributed by atoms with Crippen LogP contribution in [0.3, 0.4) is 0 Å². The maximum absolute atomic E-state index is 5.84. The van der Waals surface area contributed by atoms with E-state index in [0.717, 1.165) is 11.4 Å². The Bertz CT molecular complexity index is 510. The van der Waals surface area contributed by atoms with Crippen LogP contribution in [0.2, 0.25) is 0 Å². The van der Waals surface area contributed by atoms with Crippen molar-refractivity contribution < 1.29 is 0 Å². The minimum absolute atomic E-state index is 0.837. The van der Waals surface area contributed by atoms with Crippen molar-refractivity contribution >= 4 is 17.4 Å². The Morgan fingerprint density at radius 1 is 0.944 bits per heavy atom. The van der Waals surface area contributed by atoms with Crippen LogP contribution in [0.25, 0.3) is 0 Å². The normalized spacial score (nSPS) is 10.6. The summed E-state index contributed by atoms with van der Waals surface area (Å²) in [5, 5.41) is 0. The summed E-state index contributed by atoms with van der Waals surface area (Å²) in [6.45, 7) is 6.44. The Morgan fingerprint density at radius 2 is 1.67 bits per heavy atom. The number of thioether (sulfide) groups is 1. The van der Waals surface area contributed by atoms with Crippen molar-refractivity contribution in [3.05, 3.63) is 58.7 Å². The summed E-state index contributed by atoms with van der Waals surface area (Å²) >= 11 is 1.86. The van der Waals surface area contributed by atoms with Gasteiger partial charge in [-0.1, -0.05) is 29.8 Å². The summed E-state index contributed by atoms with van der Waals surface area (Å²) < 4.78 is 0. The third-order valence-corrected chi connectivity index (χ3v) is 4.31. The van der Waals surface area contributed by atoms with E-state index in [-0.39, 0.29) is 0 Å². The lowest BCUT2D eigenvalue weighted by Gasteiger charge is -2.09. The smallest absolute Gasteiger partial charge is 0.0325 e. The van der Waals surface area contributed by atoms with Gasteiger partial charge in [0.1, 0.15) is 0 Å². The minimum atomic E-state index is 0.837. The van der Waals surface area contributed by atoms with Gasteiger partial charge in [0.05, 0.1) is 0 Å². The molecule has 0 heterocycles. The van der Waals surface area contributed by atoms with Gasteiger partial charge in [-0.25, -0.2) is 0 Å². The highest BCUT2D eigenvalue weighted by molar-refractivity contribution is 7.98.